The number of hydrogen-bond acceptors (Lipinski definition) is 4. The van der Waals surface area contributed by atoms with Gasteiger partial charge >= 0.3 is 5.97 Å². The standard InChI is InChI=1S/C17H20N2O4/c20-16(19-7-5-12-13(9-19)15(12)17(21)22)10-4-6-18-14(8-10)23-11-2-1-3-11/h4,6,8,11-13,15H,1-3,5,7,9H2,(H,21,22)/t12-,13+,15-/m1/s1. The lowest BCUT2D eigenvalue weighted by atomic mass is 9.96. The maximum absolute atomic E-state index is 12.7. The molecule has 1 N–H and O–H groups in total. The largest absolute Gasteiger partial charge is 0.481 e. The third-order valence-corrected chi connectivity index (χ3v) is 5.39. The monoisotopic (exact) mass is 316 g/mol. The summed E-state index contributed by atoms with van der Waals surface area (Å²) in [5.41, 5.74) is 0.570. The molecule has 0 unspecified atom stereocenters. The Labute approximate surface area is 134 Å². The number of fused-ring (bicyclic) bond motifs is 1. The Balaban J connectivity index is 1.42. The summed E-state index contributed by atoms with van der Waals surface area (Å²) >= 11 is 0. The van der Waals surface area contributed by atoms with E-state index < -0.39 is 5.97 Å². The normalized spacial score (nSPS) is 29.4. The van der Waals surface area contributed by atoms with Gasteiger partial charge in [0, 0.05) is 30.9 Å². The van der Waals surface area contributed by atoms with Gasteiger partial charge in [0.05, 0.1) is 5.92 Å². The first-order chi connectivity index (χ1) is 11.1. The first kappa shape index (κ1) is 14.5. The number of aromatic nitrogens is 1. The van der Waals surface area contributed by atoms with E-state index >= 15 is 0 Å². The molecule has 0 aromatic carbocycles. The summed E-state index contributed by atoms with van der Waals surface area (Å²) in [7, 11) is 0. The Kier molecular flexibility index (Phi) is 3.47. The molecule has 3 aliphatic rings. The second kappa shape index (κ2) is 5.51. The Morgan fingerprint density at radius 2 is 2.09 bits per heavy atom. The van der Waals surface area contributed by atoms with E-state index in [9.17, 15) is 9.59 Å². The molecule has 1 amide bonds. The second-order valence-corrected chi connectivity index (χ2v) is 6.79. The van der Waals surface area contributed by atoms with Crippen LogP contribution >= 0.6 is 0 Å². The summed E-state index contributed by atoms with van der Waals surface area (Å²) in [5.74, 6) is -0.160. The van der Waals surface area contributed by atoms with Crippen molar-refractivity contribution in [3.8, 4) is 5.88 Å². The van der Waals surface area contributed by atoms with Crippen LogP contribution in [-0.2, 0) is 4.79 Å². The summed E-state index contributed by atoms with van der Waals surface area (Å²) in [4.78, 5) is 29.7. The number of carbonyl (C=O) groups is 2. The van der Waals surface area contributed by atoms with Crippen LogP contribution in [0.5, 0.6) is 5.88 Å². The predicted molar refractivity (Wildman–Crippen MR) is 81.1 cm³/mol. The molecular weight excluding hydrogens is 296 g/mol. The predicted octanol–water partition coefficient (Wildman–Crippen LogP) is 1.81. The van der Waals surface area contributed by atoms with Gasteiger partial charge < -0.3 is 14.7 Å². The van der Waals surface area contributed by atoms with Gasteiger partial charge in [0.1, 0.15) is 6.10 Å². The van der Waals surface area contributed by atoms with E-state index in [-0.39, 0.29) is 29.8 Å². The van der Waals surface area contributed by atoms with Gasteiger partial charge in [0.15, 0.2) is 0 Å². The highest BCUT2D eigenvalue weighted by atomic mass is 16.5. The molecule has 2 aliphatic carbocycles. The minimum Gasteiger partial charge on any atom is -0.481 e. The summed E-state index contributed by atoms with van der Waals surface area (Å²) in [6, 6.07) is 3.40. The number of amides is 1. The van der Waals surface area contributed by atoms with Crippen molar-refractivity contribution in [1.82, 2.24) is 9.88 Å². The number of likely N-dealkylation sites (tertiary alicyclic amines) is 1. The fourth-order valence-corrected chi connectivity index (χ4v) is 3.74. The van der Waals surface area contributed by atoms with Gasteiger partial charge in [-0.15, -0.1) is 0 Å². The first-order valence-electron chi connectivity index (χ1n) is 8.28. The SMILES string of the molecule is O=C(O)[C@@H]1[C@@H]2CCN(C(=O)c3ccnc(OC4CCC4)c3)C[C@@H]21. The average Bonchev–Trinajstić information content (AvgIpc) is 3.24. The minimum absolute atomic E-state index is 0.0552. The van der Waals surface area contributed by atoms with Crippen LogP contribution in [0.3, 0.4) is 0 Å². The number of nitrogens with zero attached hydrogens (tertiary/aromatic N) is 2. The number of carboxylic acids is 1. The van der Waals surface area contributed by atoms with Gasteiger partial charge in [0.2, 0.25) is 5.88 Å². The quantitative estimate of drug-likeness (QED) is 0.916. The lowest BCUT2D eigenvalue weighted by molar-refractivity contribution is -0.139. The van der Waals surface area contributed by atoms with E-state index in [2.05, 4.69) is 4.98 Å². The number of ether oxygens (including phenoxy) is 1. The molecule has 122 valence electrons. The molecule has 6 nitrogen and oxygen atoms in total. The van der Waals surface area contributed by atoms with E-state index in [1.165, 1.54) is 6.42 Å². The van der Waals surface area contributed by atoms with Gasteiger partial charge in [-0.3, -0.25) is 9.59 Å². The molecule has 2 heterocycles. The van der Waals surface area contributed by atoms with Crippen molar-refractivity contribution < 1.29 is 19.4 Å². The van der Waals surface area contributed by atoms with Gasteiger partial charge in [-0.25, -0.2) is 4.98 Å². The molecule has 3 atom stereocenters. The molecule has 1 aromatic heterocycles. The Hall–Kier alpha value is -2.11. The maximum atomic E-state index is 12.7. The van der Waals surface area contributed by atoms with Crippen LogP contribution in [0.2, 0.25) is 0 Å². The molecule has 1 aliphatic heterocycles. The van der Waals surface area contributed by atoms with Crippen molar-refractivity contribution in [3.63, 3.8) is 0 Å². The number of carbonyl (C=O) groups excluding carboxylic acids is 1. The molecule has 3 fully saturated rings. The summed E-state index contributed by atoms with van der Waals surface area (Å²) in [6.45, 7) is 1.17. The first-order valence-corrected chi connectivity index (χ1v) is 8.28. The number of piperidine rings is 1. The van der Waals surface area contributed by atoms with Gasteiger partial charge in [-0.2, -0.15) is 0 Å². The van der Waals surface area contributed by atoms with Crippen molar-refractivity contribution in [1.29, 1.82) is 0 Å². The van der Waals surface area contributed by atoms with E-state index in [0.29, 0.717) is 24.5 Å². The van der Waals surface area contributed by atoms with Gasteiger partial charge in [-0.1, -0.05) is 0 Å². The van der Waals surface area contributed by atoms with E-state index in [0.717, 1.165) is 19.3 Å². The zero-order valence-electron chi connectivity index (χ0n) is 12.9. The van der Waals surface area contributed by atoms with Crippen LogP contribution in [0.1, 0.15) is 36.0 Å². The molecule has 6 heteroatoms. The van der Waals surface area contributed by atoms with Crippen LogP contribution in [0.4, 0.5) is 0 Å². The number of aliphatic carboxylic acids is 1. The fourth-order valence-electron chi connectivity index (χ4n) is 3.74. The van der Waals surface area contributed by atoms with Crippen molar-refractivity contribution in [2.75, 3.05) is 13.1 Å². The molecule has 23 heavy (non-hydrogen) atoms. The molecule has 4 rings (SSSR count). The lowest BCUT2D eigenvalue weighted by Crippen LogP contribution is -2.37. The highest BCUT2D eigenvalue weighted by Crippen LogP contribution is 2.51. The van der Waals surface area contributed by atoms with Crippen molar-refractivity contribution in [3.05, 3.63) is 23.9 Å². The van der Waals surface area contributed by atoms with E-state index in [1.54, 1.807) is 23.2 Å². The zero-order chi connectivity index (χ0) is 16.0. The Morgan fingerprint density at radius 1 is 1.26 bits per heavy atom. The minimum atomic E-state index is -0.727. The number of rotatable bonds is 4. The van der Waals surface area contributed by atoms with E-state index in [1.807, 2.05) is 0 Å². The van der Waals surface area contributed by atoms with Crippen LogP contribution in [0, 0.1) is 17.8 Å². The number of pyridine rings is 1. The summed E-state index contributed by atoms with van der Waals surface area (Å²) in [5, 5.41) is 9.15. The number of carboxylic acid groups (broad SMARTS) is 1. The molecule has 2 saturated carbocycles. The highest BCUT2D eigenvalue weighted by Gasteiger charge is 2.57. The highest BCUT2D eigenvalue weighted by molar-refractivity contribution is 5.94. The molecule has 1 saturated heterocycles. The molecule has 0 radical (unpaired) electrons. The van der Waals surface area contributed by atoms with Crippen LogP contribution in [0.25, 0.3) is 0 Å². The smallest absolute Gasteiger partial charge is 0.307 e. The number of hydrogen-bond donors (Lipinski definition) is 1. The molecule has 1 aromatic rings. The third-order valence-electron chi connectivity index (χ3n) is 5.39. The van der Waals surface area contributed by atoms with Gasteiger partial charge in [0.25, 0.3) is 5.91 Å². The van der Waals surface area contributed by atoms with Crippen molar-refractivity contribution in [2.24, 2.45) is 17.8 Å². The summed E-state index contributed by atoms with van der Waals surface area (Å²) < 4.78 is 5.75. The van der Waals surface area contributed by atoms with Crippen LogP contribution in [-0.4, -0.2) is 46.1 Å². The van der Waals surface area contributed by atoms with Gasteiger partial charge in [-0.05, 0) is 43.6 Å². The summed E-state index contributed by atoms with van der Waals surface area (Å²) in [6.07, 6.45) is 5.89. The molecule has 0 spiro atoms. The lowest BCUT2D eigenvalue weighted by Gasteiger charge is -2.27. The third kappa shape index (κ3) is 2.66. The van der Waals surface area contributed by atoms with Crippen LogP contribution in [0.15, 0.2) is 18.3 Å². The molecular formula is C17H20N2O4. The second-order valence-electron chi connectivity index (χ2n) is 6.79. The fraction of sp³-hybridized carbons (Fsp3) is 0.588. The van der Waals surface area contributed by atoms with E-state index in [4.69, 9.17) is 9.84 Å². The maximum Gasteiger partial charge on any atom is 0.307 e. The Bertz CT molecular complexity index is 643. The van der Waals surface area contributed by atoms with Crippen molar-refractivity contribution in [2.45, 2.75) is 31.8 Å². The van der Waals surface area contributed by atoms with Crippen molar-refractivity contribution >= 4 is 11.9 Å². The zero-order valence-corrected chi connectivity index (χ0v) is 12.9. The van der Waals surface area contributed by atoms with Crippen LogP contribution < -0.4 is 4.74 Å². The average molecular weight is 316 g/mol. The Morgan fingerprint density at radius 3 is 2.78 bits per heavy atom. The molecule has 0 bridgehead atoms. The topological polar surface area (TPSA) is 79.7 Å².